The Hall–Kier alpha value is -1.10. The molecule has 0 aliphatic heterocycles. The summed E-state index contributed by atoms with van der Waals surface area (Å²) in [5.41, 5.74) is 2.10. The molecule has 0 saturated heterocycles. The molecule has 1 aromatic rings. The molecule has 0 fully saturated rings. The van der Waals surface area contributed by atoms with Gasteiger partial charge in [0.25, 0.3) is 0 Å². The van der Waals surface area contributed by atoms with Crippen molar-refractivity contribution < 1.29 is 14.6 Å². The fraction of sp³-hybridized carbons (Fsp3) is 0.562. The predicted octanol–water partition coefficient (Wildman–Crippen LogP) is 2.87. The minimum absolute atomic E-state index is 0.0657. The molecule has 0 amide bonds. The van der Waals surface area contributed by atoms with E-state index in [-0.39, 0.29) is 12.6 Å². The van der Waals surface area contributed by atoms with Crippen molar-refractivity contribution in [3.8, 4) is 5.75 Å². The van der Waals surface area contributed by atoms with E-state index in [9.17, 15) is 4.79 Å². The van der Waals surface area contributed by atoms with Gasteiger partial charge in [-0.05, 0) is 36.6 Å². The van der Waals surface area contributed by atoms with Crippen molar-refractivity contribution in [2.45, 2.75) is 45.7 Å². The first kappa shape index (κ1) is 18.0. The van der Waals surface area contributed by atoms with Crippen LogP contribution in [0.1, 0.15) is 37.3 Å². The Bertz CT molecular complexity index is 451. The molecule has 21 heavy (non-hydrogen) atoms. The van der Waals surface area contributed by atoms with Crippen LogP contribution in [-0.4, -0.2) is 30.6 Å². The van der Waals surface area contributed by atoms with Crippen LogP contribution in [0.3, 0.4) is 0 Å². The van der Waals surface area contributed by atoms with Crippen molar-refractivity contribution in [3.05, 3.63) is 28.3 Å². The number of carbonyl (C=O) groups excluding carboxylic acids is 1. The summed E-state index contributed by atoms with van der Waals surface area (Å²) in [6.45, 7) is 5.26. The van der Waals surface area contributed by atoms with Gasteiger partial charge < -0.3 is 20.0 Å². The summed E-state index contributed by atoms with van der Waals surface area (Å²) in [5.74, 6) is 0.706. The number of unbranched alkanes of at least 4 members (excludes halogenated alkanes) is 1. The van der Waals surface area contributed by atoms with Gasteiger partial charge in [0.1, 0.15) is 12.0 Å². The standard InChI is InChI=1S/C16H24ClNO3/c1-3-4-7-21-16-8-12(2)13(9-15(16)17)10-18-14(11-20)5-6-19/h6,8-9,14,18,20H,3-5,7,10-11H2,1-2H3. The maximum Gasteiger partial charge on any atom is 0.138 e. The lowest BCUT2D eigenvalue weighted by molar-refractivity contribution is -0.108. The number of halogens is 1. The van der Waals surface area contributed by atoms with Crippen LogP contribution < -0.4 is 10.1 Å². The number of aryl methyl sites for hydroxylation is 1. The second-order valence-electron chi connectivity index (χ2n) is 5.07. The lowest BCUT2D eigenvalue weighted by atomic mass is 10.1. The van der Waals surface area contributed by atoms with E-state index in [1.807, 2.05) is 19.1 Å². The molecule has 0 spiro atoms. The van der Waals surface area contributed by atoms with Gasteiger partial charge in [0.05, 0.1) is 18.2 Å². The molecular weight excluding hydrogens is 290 g/mol. The Balaban J connectivity index is 2.67. The number of hydrogen-bond donors (Lipinski definition) is 2. The Kier molecular flexibility index (Phi) is 8.35. The van der Waals surface area contributed by atoms with Gasteiger partial charge in [0.2, 0.25) is 0 Å². The fourth-order valence-electron chi connectivity index (χ4n) is 1.92. The highest BCUT2D eigenvalue weighted by atomic mass is 35.5. The van der Waals surface area contributed by atoms with E-state index in [1.165, 1.54) is 0 Å². The average molecular weight is 314 g/mol. The molecule has 0 bridgehead atoms. The lowest BCUT2D eigenvalue weighted by Gasteiger charge is -2.16. The molecule has 0 aliphatic rings. The van der Waals surface area contributed by atoms with Crippen molar-refractivity contribution in [2.24, 2.45) is 0 Å². The minimum atomic E-state index is -0.221. The second-order valence-corrected chi connectivity index (χ2v) is 5.48. The third-order valence-corrected chi connectivity index (χ3v) is 3.62. The molecule has 1 unspecified atom stereocenters. The number of nitrogens with one attached hydrogen (secondary N) is 1. The molecule has 0 aliphatic carbocycles. The zero-order valence-electron chi connectivity index (χ0n) is 12.7. The van der Waals surface area contributed by atoms with Crippen LogP contribution in [-0.2, 0) is 11.3 Å². The fourth-order valence-corrected chi connectivity index (χ4v) is 2.16. The number of hydrogen-bond acceptors (Lipinski definition) is 4. The van der Waals surface area contributed by atoms with Gasteiger partial charge >= 0.3 is 0 Å². The van der Waals surface area contributed by atoms with Gasteiger partial charge in [-0.2, -0.15) is 0 Å². The molecule has 4 nitrogen and oxygen atoms in total. The number of ether oxygens (including phenoxy) is 1. The number of aliphatic hydroxyl groups excluding tert-OH is 1. The number of rotatable bonds is 10. The van der Waals surface area contributed by atoms with Gasteiger partial charge in [0.15, 0.2) is 0 Å². The van der Waals surface area contributed by atoms with Gasteiger partial charge in [-0.3, -0.25) is 0 Å². The molecule has 118 valence electrons. The second kappa shape index (κ2) is 9.77. The average Bonchev–Trinajstić information content (AvgIpc) is 2.47. The van der Waals surface area contributed by atoms with Crippen molar-refractivity contribution in [1.82, 2.24) is 5.32 Å². The van der Waals surface area contributed by atoms with Crippen LogP contribution in [0.25, 0.3) is 0 Å². The first-order valence-corrected chi connectivity index (χ1v) is 7.69. The SMILES string of the molecule is CCCCOc1cc(C)c(CNC(CO)CC=O)cc1Cl. The number of benzene rings is 1. The molecule has 0 radical (unpaired) electrons. The van der Waals surface area contributed by atoms with Gasteiger partial charge in [-0.15, -0.1) is 0 Å². The maximum atomic E-state index is 10.5. The monoisotopic (exact) mass is 313 g/mol. The highest BCUT2D eigenvalue weighted by molar-refractivity contribution is 6.32. The molecule has 1 aromatic carbocycles. The quantitative estimate of drug-likeness (QED) is 0.515. The zero-order valence-corrected chi connectivity index (χ0v) is 13.4. The summed E-state index contributed by atoms with van der Waals surface area (Å²) >= 11 is 6.23. The smallest absolute Gasteiger partial charge is 0.138 e. The molecule has 5 heteroatoms. The number of carbonyl (C=O) groups is 1. The van der Waals surface area contributed by atoms with E-state index in [0.717, 1.165) is 30.3 Å². The third-order valence-electron chi connectivity index (χ3n) is 3.33. The molecule has 1 atom stereocenters. The predicted molar refractivity (Wildman–Crippen MR) is 85.0 cm³/mol. The summed E-state index contributed by atoms with van der Waals surface area (Å²) in [4.78, 5) is 10.5. The van der Waals surface area contributed by atoms with Crippen LogP contribution >= 0.6 is 11.6 Å². The number of aliphatic hydroxyl groups is 1. The van der Waals surface area contributed by atoms with Gasteiger partial charge in [-0.25, -0.2) is 0 Å². The molecular formula is C16H24ClNO3. The van der Waals surface area contributed by atoms with Crippen LogP contribution in [0, 0.1) is 6.92 Å². The Morgan fingerprint density at radius 3 is 2.86 bits per heavy atom. The molecule has 2 N–H and O–H groups in total. The Labute approximate surface area is 131 Å². The topological polar surface area (TPSA) is 58.6 Å². The number of aldehydes is 1. The van der Waals surface area contributed by atoms with Crippen molar-refractivity contribution in [1.29, 1.82) is 0 Å². The van der Waals surface area contributed by atoms with Crippen molar-refractivity contribution in [3.63, 3.8) is 0 Å². The molecule has 0 aromatic heterocycles. The minimum Gasteiger partial charge on any atom is -0.492 e. The summed E-state index contributed by atoms with van der Waals surface area (Å²) in [5, 5.41) is 12.9. The van der Waals surface area contributed by atoms with E-state index >= 15 is 0 Å². The van der Waals surface area contributed by atoms with E-state index in [2.05, 4.69) is 12.2 Å². The normalized spacial score (nSPS) is 12.2. The van der Waals surface area contributed by atoms with E-state index < -0.39 is 0 Å². The lowest BCUT2D eigenvalue weighted by Crippen LogP contribution is -2.32. The maximum absolute atomic E-state index is 10.5. The first-order valence-electron chi connectivity index (χ1n) is 7.32. The highest BCUT2D eigenvalue weighted by Gasteiger charge is 2.10. The summed E-state index contributed by atoms with van der Waals surface area (Å²) in [7, 11) is 0. The van der Waals surface area contributed by atoms with Crippen molar-refractivity contribution >= 4 is 17.9 Å². The molecule has 0 heterocycles. The Morgan fingerprint density at radius 2 is 2.24 bits per heavy atom. The largest absolute Gasteiger partial charge is 0.492 e. The van der Waals surface area contributed by atoms with Gasteiger partial charge in [-0.1, -0.05) is 24.9 Å². The van der Waals surface area contributed by atoms with E-state index in [0.29, 0.717) is 30.3 Å². The zero-order chi connectivity index (χ0) is 15.7. The van der Waals surface area contributed by atoms with Gasteiger partial charge in [0, 0.05) is 19.0 Å². The summed E-state index contributed by atoms with van der Waals surface area (Å²) < 4.78 is 5.66. The Morgan fingerprint density at radius 1 is 1.48 bits per heavy atom. The third kappa shape index (κ3) is 6.04. The van der Waals surface area contributed by atoms with Crippen LogP contribution in [0.2, 0.25) is 5.02 Å². The van der Waals surface area contributed by atoms with E-state index in [1.54, 1.807) is 0 Å². The van der Waals surface area contributed by atoms with E-state index in [4.69, 9.17) is 21.4 Å². The molecule has 1 rings (SSSR count). The van der Waals surface area contributed by atoms with Crippen LogP contribution in [0.4, 0.5) is 0 Å². The molecule has 0 saturated carbocycles. The first-order chi connectivity index (χ1) is 10.1. The highest BCUT2D eigenvalue weighted by Crippen LogP contribution is 2.28. The summed E-state index contributed by atoms with van der Waals surface area (Å²) in [6, 6.07) is 3.59. The van der Waals surface area contributed by atoms with Crippen molar-refractivity contribution in [2.75, 3.05) is 13.2 Å². The van der Waals surface area contributed by atoms with Crippen LogP contribution in [0.5, 0.6) is 5.75 Å². The summed E-state index contributed by atoms with van der Waals surface area (Å²) in [6.07, 6.45) is 3.18. The van der Waals surface area contributed by atoms with Crippen LogP contribution in [0.15, 0.2) is 12.1 Å².